The van der Waals surface area contributed by atoms with Crippen LogP contribution in [0.25, 0.3) is 0 Å². The normalized spacial score (nSPS) is 10.4. The van der Waals surface area contributed by atoms with Gasteiger partial charge in [-0.3, -0.25) is 9.69 Å². The summed E-state index contributed by atoms with van der Waals surface area (Å²) < 4.78 is 10.7. The zero-order valence-corrected chi connectivity index (χ0v) is 16.7. The van der Waals surface area contributed by atoms with E-state index in [2.05, 4.69) is 4.98 Å². The third-order valence-corrected chi connectivity index (χ3v) is 4.85. The maximum absolute atomic E-state index is 12.3. The summed E-state index contributed by atoms with van der Waals surface area (Å²) >= 11 is 1.30. The molecular formula is C21H20N2O4S. The number of para-hydroxylation sites is 2. The second-order valence-corrected chi connectivity index (χ2v) is 6.93. The summed E-state index contributed by atoms with van der Waals surface area (Å²) in [6.45, 7) is 3.41. The third-order valence-electron chi connectivity index (χ3n) is 3.98. The minimum atomic E-state index is -0.411. The summed E-state index contributed by atoms with van der Waals surface area (Å²) in [5.74, 6) is -0.0334. The van der Waals surface area contributed by atoms with Crippen molar-refractivity contribution in [1.29, 1.82) is 0 Å². The van der Waals surface area contributed by atoms with Gasteiger partial charge in [-0.1, -0.05) is 29.8 Å². The quantitative estimate of drug-likeness (QED) is 0.574. The monoisotopic (exact) mass is 396 g/mol. The van der Waals surface area contributed by atoms with Crippen LogP contribution < -0.4 is 9.64 Å². The van der Waals surface area contributed by atoms with Gasteiger partial charge in [0.15, 0.2) is 5.13 Å². The second kappa shape index (κ2) is 8.67. The molecule has 0 saturated carbocycles. The molecule has 0 spiro atoms. The number of esters is 1. The molecule has 0 aliphatic carbocycles. The topological polar surface area (TPSA) is 68.7 Å². The highest BCUT2D eigenvalue weighted by atomic mass is 32.1. The van der Waals surface area contributed by atoms with E-state index >= 15 is 0 Å². The van der Waals surface area contributed by atoms with Gasteiger partial charge in [0.25, 0.3) is 0 Å². The molecule has 0 N–H and O–H groups in total. The van der Waals surface area contributed by atoms with Crippen molar-refractivity contribution in [2.45, 2.75) is 20.5 Å². The Morgan fingerprint density at radius 1 is 1.14 bits per heavy atom. The molecule has 3 rings (SSSR count). The number of thiazole rings is 1. The van der Waals surface area contributed by atoms with E-state index in [0.717, 1.165) is 5.56 Å². The van der Waals surface area contributed by atoms with Gasteiger partial charge in [-0.15, -0.1) is 11.3 Å². The maximum atomic E-state index is 12.3. The zero-order chi connectivity index (χ0) is 20.1. The fraction of sp³-hybridized carbons (Fsp3) is 0.190. The Bertz CT molecular complexity index is 999. The zero-order valence-electron chi connectivity index (χ0n) is 15.8. The van der Waals surface area contributed by atoms with Crippen LogP contribution in [0.4, 0.5) is 10.8 Å². The van der Waals surface area contributed by atoms with Crippen LogP contribution in [-0.2, 0) is 16.1 Å². The lowest BCUT2D eigenvalue weighted by Gasteiger charge is -2.20. The molecule has 0 fully saturated rings. The van der Waals surface area contributed by atoms with Crippen LogP contribution in [0.3, 0.4) is 0 Å². The smallest absolute Gasteiger partial charge is 0.338 e. The number of amides is 1. The van der Waals surface area contributed by atoms with Crippen LogP contribution in [0, 0.1) is 6.92 Å². The summed E-state index contributed by atoms with van der Waals surface area (Å²) in [6.07, 6.45) is 0. The van der Waals surface area contributed by atoms with E-state index in [0.29, 0.717) is 27.8 Å². The predicted octanol–water partition coefficient (Wildman–Crippen LogP) is 4.50. The first-order valence-corrected chi connectivity index (χ1v) is 9.49. The average molecular weight is 396 g/mol. The van der Waals surface area contributed by atoms with Crippen molar-refractivity contribution in [2.75, 3.05) is 12.0 Å². The van der Waals surface area contributed by atoms with Crippen LogP contribution in [0.15, 0.2) is 53.9 Å². The molecular weight excluding hydrogens is 376 g/mol. The summed E-state index contributed by atoms with van der Waals surface area (Å²) in [5, 5.41) is 2.25. The Morgan fingerprint density at radius 3 is 2.64 bits per heavy atom. The number of carbonyl (C=O) groups excluding carboxylic acids is 2. The van der Waals surface area contributed by atoms with Gasteiger partial charge in [-0.2, -0.15) is 0 Å². The number of nitrogens with zero attached hydrogens (tertiary/aromatic N) is 2. The number of aryl methyl sites for hydroxylation is 1. The molecule has 3 aromatic rings. The number of aromatic nitrogens is 1. The van der Waals surface area contributed by atoms with Crippen molar-refractivity contribution >= 4 is 34.0 Å². The first-order chi connectivity index (χ1) is 13.5. The highest BCUT2D eigenvalue weighted by Crippen LogP contribution is 2.35. The molecule has 0 saturated heterocycles. The molecule has 7 heteroatoms. The Kier molecular flexibility index (Phi) is 6.06. The Hall–Kier alpha value is -3.19. The van der Waals surface area contributed by atoms with Gasteiger partial charge in [-0.25, -0.2) is 9.78 Å². The third kappa shape index (κ3) is 4.37. The lowest BCUT2D eigenvalue weighted by Crippen LogP contribution is -2.23. The number of hydrogen-bond acceptors (Lipinski definition) is 6. The molecule has 144 valence electrons. The Balaban J connectivity index is 1.76. The molecule has 0 atom stereocenters. The summed E-state index contributed by atoms with van der Waals surface area (Å²) in [5.41, 5.74) is 2.66. The van der Waals surface area contributed by atoms with Crippen molar-refractivity contribution in [2.24, 2.45) is 0 Å². The highest BCUT2D eigenvalue weighted by Gasteiger charge is 2.21. The van der Waals surface area contributed by atoms with Crippen molar-refractivity contribution in [3.63, 3.8) is 0 Å². The van der Waals surface area contributed by atoms with Crippen molar-refractivity contribution < 1.29 is 19.1 Å². The average Bonchev–Trinajstić information content (AvgIpc) is 3.14. The van der Waals surface area contributed by atoms with Crippen molar-refractivity contribution in [3.8, 4) is 5.75 Å². The Morgan fingerprint density at radius 2 is 1.93 bits per heavy atom. The minimum absolute atomic E-state index is 0.0287. The molecule has 0 unspecified atom stereocenters. The molecule has 0 aliphatic heterocycles. The molecule has 1 aromatic heterocycles. The van der Waals surface area contributed by atoms with Crippen LogP contribution in [-0.4, -0.2) is 24.0 Å². The number of rotatable bonds is 6. The van der Waals surface area contributed by atoms with E-state index in [1.165, 1.54) is 23.2 Å². The van der Waals surface area contributed by atoms with E-state index < -0.39 is 5.97 Å². The number of hydrogen-bond donors (Lipinski definition) is 0. The van der Waals surface area contributed by atoms with Gasteiger partial charge in [-0.05, 0) is 31.2 Å². The highest BCUT2D eigenvalue weighted by molar-refractivity contribution is 7.14. The minimum Gasteiger partial charge on any atom is -0.495 e. The largest absolute Gasteiger partial charge is 0.495 e. The first-order valence-electron chi connectivity index (χ1n) is 8.61. The fourth-order valence-corrected chi connectivity index (χ4v) is 3.55. The van der Waals surface area contributed by atoms with E-state index in [1.807, 2.05) is 31.2 Å². The molecule has 1 heterocycles. The number of benzene rings is 2. The molecule has 2 aromatic carbocycles. The second-order valence-electron chi connectivity index (χ2n) is 6.09. The van der Waals surface area contributed by atoms with Gasteiger partial charge >= 0.3 is 5.97 Å². The van der Waals surface area contributed by atoms with Crippen molar-refractivity contribution in [3.05, 3.63) is 70.7 Å². The molecule has 6 nitrogen and oxygen atoms in total. The van der Waals surface area contributed by atoms with Gasteiger partial charge in [0.2, 0.25) is 5.91 Å². The molecule has 28 heavy (non-hydrogen) atoms. The number of ether oxygens (including phenoxy) is 2. The number of methoxy groups -OCH3 is 1. The van der Waals surface area contributed by atoms with Gasteiger partial charge in [0, 0.05) is 12.3 Å². The standard InChI is InChI=1S/C21H20N2O4S/c1-14-7-6-8-16(11-14)20(25)27-12-17-13-28-21(22-17)23(15(2)24)18-9-4-5-10-19(18)26-3/h4-11,13H,12H2,1-3H3. The van der Waals surface area contributed by atoms with Crippen LogP contribution >= 0.6 is 11.3 Å². The summed E-state index contributed by atoms with van der Waals surface area (Å²) in [7, 11) is 1.55. The fourth-order valence-electron chi connectivity index (χ4n) is 2.68. The SMILES string of the molecule is COc1ccccc1N(C(C)=O)c1nc(COC(=O)c2cccc(C)c2)cs1. The van der Waals surface area contributed by atoms with E-state index in [1.54, 1.807) is 36.8 Å². The van der Waals surface area contributed by atoms with E-state index in [9.17, 15) is 9.59 Å². The molecule has 0 aliphatic rings. The van der Waals surface area contributed by atoms with Gasteiger partial charge < -0.3 is 9.47 Å². The molecule has 0 bridgehead atoms. The lowest BCUT2D eigenvalue weighted by atomic mass is 10.1. The van der Waals surface area contributed by atoms with Gasteiger partial charge in [0.1, 0.15) is 12.4 Å². The predicted molar refractivity (Wildman–Crippen MR) is 108 cm³/mol. The maximum Gasteiger partial charge on any atom is 0.338 e. The number of anilines is 2. The number of carbonyl (C=O) groups is 2. The first kappa shape index (κ1) is 19.6. The van der Waals surface area contributed by atoms with Gasteiger partial charge in [0.05, 0.1) is 24.1 Å². The molecule has 1 amide bonds. The van der Waals surface area contributed by atoms with Crippen LogP contribution in [0.1, 0.15) is 28.5 Å². The summed E-state index contributed by atoms with van der Waals surface area (Å²) in [4.78, 5) is 30.4. The van der Waals surface area contributed by atoms with Crippen LogP contribution in [0.2, 0.25) is 0 Å². The van der Waals surface area contributed by atoms with Crippen molar-refractivity contribution in [1.82, 2.24) is 4.98 Å². The Labute approximate surface area is 167 Å². The summed E-state index contributed by atoms with van der Waals surface area (Å²) in [6, 6.07) is 14.4. The van der Waals surface area contributed by atoms with Crippen LogP contribution in [0.5, 0.6) is 5.75 Å². The lowest BCUT2D eigenvalue weighted by molar-refractivity contribution is -0.115. The van der Waals surface area contributed by atoms with E-state index in [4.69, 9.17) is 9.47 Å². The van der Waals surface area contributed by atoms with E-state index in [-0.39, 0.29) is 12.5 Å². The molecule has 0 radical (unpaired) electrons.